The maximum Gasteiger partial charge on any atom is 0.260 e. The molecule has 158 valence electrons. The van der Waals surface area contributed by atoms with E-state index < -0.39 is 6.23 Å². The van der Waals surface area contributed by atoms with Gasteiger partial charge in [-0.25, -0.2) is 0 Å². The van der Waals surface area contributed by atoms with Gasteiger partial charge in [-0.15, -0.1) is 0 Å². The van der Waals surface area contributed by atoms with E-state index in [0.717, 1.165) is 24.0 Å². The molecule has 1 amide bonds. The molecule has 2 aromatic carbocycles. The number of fused-ring (bicyclic) bond motifs is 1. The molecule has 1 saturated heterocycles. The Labute approximate surface area is 181 Å². The van der Waals surface area contributed by atoms with Crippen molar-refractivity contribution in [1.82, 2.24) is 9.88 Å². The average molecular weight is 416 g/mol. The van der Waals surface area contributed by atoms with Crippen LogP contribution in [0.15, 0.2) is 67.0 Å². The average Bonchev–Trinajstić information content (AvgIpc) is 3.28. The minimum absolute atomic E-state index is 0.0805. The number of ether oxygens (including phenoxy) is 2. The largest absolute Gasteiger partial charge is 0.454 e. The van der Waals surface area contributed by atoms with Gasteiger partial charge in [0.05, 0.1) is 5.56 Å². The third-order valence-electron chi connectivity index (χ3n) is 6.05. The predicted octanol–water partition coefficient (Wildman–Crippen LogP) is 3.89. The second-order valence-corrected chi connectivity index (χ2v) is 8.02. The summed E-state index contributed by atoms with van der Waals surface area (Å²) in [6, 6.07) is 17.7. The maximum absolute atomic E-state index is 13.6. The number of benzene rings is 2. The summed E-state index contributed by atoms with van der Waals surface area (Å²) < 4.78 is 11.2. The molecule has 1 aromatic heterocycles. The van der Waals surface area contributed by atoms with E-state index in [-0.39, 0.29) is 12.7 Å². The van der Waals surface area contributed by atoms with E-state index in [0.29, 0.717) is 35.9 Å². The molecule has 0 spiro atoms. The first-order chi connectivity index (χ1) is 15.2. The first-order valence-electron chi connectivity index (χ1n) is 10.6. The Kier molecular flexibility index (Phi) is 5.30. The van der Waals surface area contributed by atoms with Crippen molar-refractivity contribution < 1.29 is 19.4 Å². The highest BCUT2D eigenvalue weighted by Crippen LogP contribution is 2.42. The molecule has 0 aliphatic carbocycles. The molecule has 2 atom stereocenters. The van der Waals surface area contributed by atoms with Gasteiger partial charge in [-0.3, -0.25) is 9.78 Å². The number of hydrogen-bond acceptors (Lipinski definition) is 5. The van der Waals surface area contributed by atoms with Gasteiger partial charge in [0.15, 0.2) is 11.5 Å². The summed E-state index contributed by atoms with van der Waals surface area (Å²) in [5.41, 5.74) is 3.30. The van der Waals surface area contributed by atoms with Crippen LogP contribution >= 0.6 is 0 Å². The van der Waals surface area contributed by atoms with Gasteiger partial charge in [-0.05, 0) is 66.1 Å². The molecule has 2 aliphatic heterocycles. The van der Waals surface area contributed by atoms with Crippen LogP contribution < -0.4 is 9.47 Å². The summed E-state index contributed by atoms with van der Waals surface area (Å²) in [6.45, 7) is 0.578. The van der Waals surface area contributed by atoms with Crippen molar-refractivity contribution >= 4 is 5.91 Å². The number of likely N-dealkylation sites (tertiary alicyclic amines) is 1. The Morgan fingerprint density at radius 3 is 2.65 bits per heavy atom. The van der Waals surface area contributed by atoms with Crippen molar-refractivity contribution in [3.8, 4) is 22.6 Å². The van der Waals surface area contributed by atoms with E-state index in [4.69, 9.17) is 9.47 Å². The van der Waals surface area contributed by atoms with Gasteiger partial charge in [0.1, 0.15) is 6.23 Å². The number of rotatable bonds is 4. The zero-order valence-corrected chi connectivity index (χ0v) is 17.1. The van der Waals surface area contributed by atoms with Crippen molar-refractivity contribution in [3.05, 3.63) is 78.1 Å². The minimum atomic E-state index is -0.835. The Morgan fingerprint density at radius 2 is 1.87 bits per heavy atom. The van der Waals surface area contributed by atoms with E-state index in [1.54, 1.807) is 17.3 Å². The minimum Gasteiger partial charge on any atom is -0.454 e. The highest BCUT2D eigenvalue weighted by molar-refractivity contribution is 6.04. The van der Waals surface area contributed by atoms with Crippen LogP contribution in [0.1, 0.15) is 28.8 Å². The predicted molar refractivity (Wildman–Crippen MR) is 116 cm³/mol. The molecule has 2 unspecified atom stereocenters. The fourth-order valence-corrected chi connectivity index (χ4v) is 4.48. The zero-order valence-electron chi connectivity index (χ0n) is 17.1. The lowest BCUT2D eigenvalue weighted by Gasteiger charge is -2.37. The fourth-order valence-electron chi connectivity index (χ4n) is 4.48. The summed E-state index contributed by atoms with van der Waals surface area (Å²) in [5, 5.41) is 10.9. The van der Waals surface area contributed by atoms with Crippen molar-refractivity contribution in [2.45, 2.75) is 25.5 Å². The third-order valence-corrected chi connectivity index (χ3v) is 6.05. The summed E-state index contributed by atoms with van der Waals surface area (Å²) >= 11 is 0. The van der Waals surface area contributed by atoms with Crippen LogP contribution in [0.25, 0.3) is 11.1 Å². The monoisotopic (exact) mass is 416 g/mol. The number of amides is 1. The molecule has 0 radical (unpaired) electrons. The summed E-state index contributed by atoms with van der Waals surface area (Å²) in [7, 11) is 0. The summed E-state index contributed by atoms with van der Waals surface area (Å²) in [4.78, 5) is 19.3. The molecule has 31 heavy (non-hydrogen) atoms. The molecule has 1 N–H and O–H groups in total. The second kappa shape index (κ2) is 8.40. The van der Waals surface area contributed by atoms with E-state index in [2.05, 4.69) is 17.1 Å². The van der Waals surface area contributed by atoms with E-state index in [1.165, 1.54) is 5.56 Å². The number of pyridine rings is 1. The maximum atomic E-state index is 13.6. The van der Waals surface area contributed by atoms with Crippen molar-refractivity contribution in [3.63, 3.8) is 0 Å². The van der Waals surface area contributed by atoms with E-state index >= 15 is 0 Å². The topological polar surface area (TPSA) is 71.9 Å². The van der Waals surface area contributed by atoms with Crippen LogP contribution in [0.3, 0.4) is 0 Å². The molecule has 6 nitrogen and oxygen atoms in total. The molecule has 1 fully saturated rings. The molecular weight excluding hydrogens is 392 g/mol. The number of aromatic nitrogens is 1. The number of aliphatic hydroxyl groups excluding tert-OH is 1. The fraction of sp³-hybridized carbons (Fsp3) is 0.280. The first kappa shape index (κ1) is 19.6. The molecule has 6 heteroatoms. The smallest absolute Gasteiger partial charge is 0.260 e. The number of aliphatic hydroxyl groups is 1. The van der Waals surface area contributed by atoms with Gasteiger partial charge in [-0.2, -0.15) is 0 Å². The normalized spacial score (nSPS) is 20.0. The van der Waals surface area contributed by atoms with Crippen molar-refractivity contribution in [2.75, 3.05) is 13.3 Å². The summed E-state index contributed by atoms with van der Waals surface area (Å²) in [6.07, 6.45) is 4.85. The lowest BCUT2D eigenvalue weighted by molar-refractivity contribution is -0.0274. The SMILES string of the molecule is O=C(c1c(-c2ccncc2)ccc2c1OCO2)N1CCC(Cc2ccccc2)CC1O. The standard InChI is InChI=1S/C25H24N2O4/c28-22-15-18(14-17-4-2-1-3-5-17)10-13-27(22)25(29)23-20(19-8-11-26-12-9-19)6-7-21-24(23)31-16-30-21/h1-9,11-12,18,22,28H,10,13-16H2. The van der Waals surface area contributed by atoms with Crippen LogP contribution in [0, 0.1) is 5.92 Å². The van der Waals surface area contributed by atoms with Gasteiger partial charge in [-0.1, -0.05) is 30.3 Å². The Bertz CT molecular complexity index is 1070. The molecule has 5 rings (SSSR count). The van der Waals surface area contributed by atoms with Crippen molar-refractivity contribution in [2.24, 2.45) is 5.92 Å². The van der Waals surface area contributed by atoms with Crippen molar-refractivity contribution in [1.29, 1.82) is 0 Å². The van der Waals surface area contributed by atoms with Crippen LogP contribution in [0.2, 0.25) is 0 Å². The lowest BCUT2D eigenvalue weighted by atomic mass is 9.88. The van der Waals surface area contributed by atoms with E-state index in [9.17, 15) is 9.90 Å². The van der Waals surface area contributed by atoms with E-state index in [1.807, 2.05) is 42.5 Å². The first-order valence-corrected chi connectivity index (χ1v) is 10.6. The van der Waals surface area contributed by atoms with Crippen LogP contribution in [-0.4, -0.2) is 40.5 Å². The second-order valence-electron chi connectivity index (χ2n) is 8.02. The molecular formula is C25H24N2O4. The van der Waals surface area contributed by atoms with Gasteiger partial charge in [0.25, 0.3) is 5.91 Å². The number of carbonyl (C=O) groups excluding carboxylic acids is 1. The lowest BCUT2D eigenvalue weighted by Crippen LogP contribution is -2.46. The van der Waals surface area contributed by atoms with Gasteiger partial charge >= 0.3 is 0 Å². The Hall–Kier alpha value is -3.38. The molecule has 0 bridgehead atoms. The van der Waals surface area contributed by atoms with Gasteiger partial charge in [0.2, 0.25) is 6.79 Å². The molecule has 3 heterocycles. The number of carbonyl (C=O) groups is 1. The molecule has 3 aromatic rings. The number of nitrogens with zero attached hydrogens (tertiary/aromatic N) is 2. The van der Waals surface area contributed by atoms with Crippen LogP contribution in [-0.2, 0) is 6.42 Å². The third kappa shape index (κ3) is 3.86. The zero-order chi connectivity index (χ0) is 21.2. The number of hydrogen-bond donors (Lipinski definition) is 1. The summed E-state index contributed by atoms with van der Waals surface area (Å²) in [5.74, 6) is 1.09. The van der Waals surface area contributed by atoms with Crippen LogP contribution in [0.4, 0.5) is 0 Å². The highest BCUT2D eigenvalue weighted by atomic mass is 16.7. The Morgan fingerprint density at radius 1 is 1.06 bits per heavy atom. The Balaban J connectivity index is 1.41. The molecule has 0 saturated carbocycles. The number of piperidine rings is 1. The molecule has 2 aliphatic rings. The quantitative estimate of drug-likeness (QED) is 0.699. The van der Waals surface area contributed by atoms with Crippen LogP contribution in [0.5, 0.6) is 11.5 Å². The van der Waals surface area contributed by atoms with Gasteiger partial charge in [0, 0.05) is 18.9 Å². The highest BCUT2D eigenvalue weighted by Gasteiger charge is 2.35. The van der Waals surface area contributed by atoms with Gasteiger partial charge < -0.3 is 19.5 Å².